The Morgan fingerprint density at radius 2 is 1.38 bits per heavy atom. The summed E-state index contributed by atoms with van der Waals surface area (Å²) < 4.78 is 23.0. The van der Waals surface area contributed by atoms with Gasteiger partial charge in [0.1, 0.15) is 34.4 Å². The lowest BCUT2D eigenvalue weighted by Gasteiger charge is -2.20. The Hall–Kier alpha value is -3.33. The molecule has 0 heterocycles. The number of ether oxygens (including phenoxy) is 4. The molecule has 1 unspecified atom stereocenters. The molecular formula is C24H30ClN3O6. The molecule has 2 aromatic rings. The Kier molecular flexibility index (Phi) is 10.6. The minimum absolute atomic E-state index is 0.259. The molecule has 0 radical (unpaired) electrons. The van der Waals surface area contributed by atoms with Crippen molar-refractivity contribution in [2.75, 3.05) is 30.8 Å². The SMILES string of the molecule is CCOc1ccc(N=NC(C(C)=O)C(=O)N(Cl)c2ccc(OCC)cc2OCC)c(OCC)c1. The van der Waals surface area contributed by atoms with E-state index >= 15 is 0 Å². The zero-order chi connectivity index (χ0) is 25.1. The van der Waals surface area contributed by atoms with Gasteiger partial charge in [-0.05, 0) is 58.9 Å². The van der Waals surface area contributed by atoms with Gasteiger partial charge in [-0.3, -0.25) is 9.59 Å². The molecule has 1 atom stereocenters. The first kappa shape index (κ1) is 26.9. The van der Waals surface area contributed by atoms with Crippen LogP contribution in [0.25, 0.3) is 0 Å². The summed E-state index contributed by atoms with van der Waals surface area (Å²) in [7, 11) is 0. The van der Waals surface area contributed by atoms with E-state index in [1.807, 2.05) is 20.8 Å². The minimum Gasteiger partial charge on any atom is -0.494 e. The fourth-order valence-corrected chi connectivity index (χ4v) is 3.17. The van der Waals surface area contributed by atoms with Gasteiger partial charge in [0.05, 0.1) is 26.4 Å². The van der Waals surface area contributed by atoms with E-state index in [1.54, 1.807) is 43.3 Å². The molecule has 34 heavy (non-hydrogen) atoms. The number of amides is 1. The van der Waals surface area contributed by atoms with Gasteiger partial charge in [0, 0.05) is 23.9 Å². The van der Waals surface area contributed by atoms with Gasteiger partial charge < -0.3 is 18.9 Å². The summed E-state index contributed by atoms with van der Waals surface area (Å²) in [6, 6.07) is 8.42. The lowest BCUT2D eigenvalue weighted by Crippen LogP contribution is -2.36. The third kappa shape index (κ3) is 7.08. The normalized spacial score (nSPS) is 11.7. The molecule has 10 heteroatoms. The van der Waals surface area contributed by atoms with Crippen LogP contribution in [0.15, 0.2) is 46.6 Å². The maximum absolute atomic E-state index is 13.1. The number of nitrogens with zero attached hydrogens (tertiary/aromatic N) is 3. The highest BCUT2D eigenvalue weighted by Gasteiger charge is 2.30. The van der Waals surface area contributed by atoms with Crippen LogP contribution in [0.5, 0.6) is 23.0 Å². The number of halogens is 1. The summed E-state index contributed by atoms with van der Waals surface area (Å²) in [6.07, 6.45) is 0. The van der Waals surface area contributed by atoms with E-state index in [2.05, 4.69) is 10.2 Å². The Labute approximate surface area is 204 Å². The summed E-state index contributed by atoms with van der Waals surface area (Å²) in [6.45, 7) is 10.3. The van der Waals surface area contributed by atoms with Crippen LogP contribution in [-0.4, -0.2) is 44.2 Å². The van der Waals surface area contributed by atoms with Gasteiger partial charge in [0.2, 0.25) is 6.04 Å². The zero-order valence-electron chi connectivity index (χ0n) is 20.0. The fourth-order valence-electron chi connectivity index (χ4n) is 2.94. The first-order chi connectivity index (χ1) is 16.4. The standard InChI is InChI=1S/C24H30ClN3O6/c1-6-31-17-10-12-19(21(14-17)33-8-3)26-27-23(16(5)29)24(30)28(25)20-13-11-18(32-7-2)15-22(20)34-9-4/h10-15,23H,6-9H2,1-5H3. The maximum Gasteiger partial charge on any atom is 0.276 e. The van der Waals surface area contributed by atoms with Crippen molar-refractivity contribution in [2.24, 2.45) is 10.2 Å². The van der Waals surface area contributed by atoms with Gasteiger partial charge >= 0.3 is 0 Å². The second-order valence-corrected chi connectivity index (χ2v) is 7.18. The number of Topliss-reactive ketones (excluding diaryl/α,β-unsaturated/α-hetero) is 1. The van der Waals surface area contributed by atoms with E-state index in [1.165, 1.54) is 6.92 Å². The number of hydrogen-bond donors (Lipinski definition) is 0. The van der Waals surface area contributed by atoms with Crippen LogP contribution < -0.4 is 23.4 Å². The smallest absolute Gasteiger partial charge is 0.276 e. The molecule has 2 rings (SSSR count). The van der Waals surface area contributed by atoms with E-state index in [-0.39, 0.29) is 5.69 Å². The number of benzene rings is 2. The van der Waals surface area contributed by atoms with Crippen LogP contribution in [-0.2, 0) is 9.59 Å². The third-order valence-corrected chi connectivity index (χ3v) is 4.74. The van der Waals surface area contributed by atoms with Gasteiger partial charge in [-0.1, -0.05) is 0 Å². The second kappa shape index (κ2) is 13.4. The van der Waals surface area contributed by atoms with E-state index in [0.29, 0.717) is 55.1 Å². The summed E-state index contributed by atoms with van der Waals surface area (Å²) in [4.78, 5) is 25.4. The second-order valence-electron chi connectivity index (χ2n) is 6.84. The van der Waals surface area contributed by atoms with Crippen molar-refractivity contribution in [1.82, 2.24) is 0 Å². The highest BCUT2D eigenvalue weighted by Crippen LogP contribution is 2.35. The largest absolute Gasteiger partial charge is 0.494 e. The number of carbonyl (C=O) groups excluding carboxylic acids is 2. The molecule has 0 N–H and O–H groups in total. The van der Waals surface area contributed by atoms with Crippen LogP contribution in [0.3, 0.4) is 0 Å². The van der Waals surface area contributed by atoms with Crippen molar-refractivity contribution >= 4 is 34.8 Å². The highest BCUT2D eigenvalue weighted by molar-refractivity contribution is 6.39. The van der Waals surface area contributed by atoms with Crippen LogP contribution in [0.4, 0.5) is 11.4 Å². The molecule has 0 aliphatic heterocycles. The molecule has 0 fully saturated rings. The number of ketones is 1. The van der Waals surface area contributed by atoms with Crippen LogP contribution >= 0.6 is 11.8 Å². The molecular weight excluding hydrogens is 462 g/mol. The predicted octanol–water partition coefficient (Wildman–Crippen LogP) is 5.51. The van der Waals surface area contributed by atoms with Gasteiger partial charge in [0.25, 0.3) is 5.91 Å². The topological polar surface area (TPSA) is 99.0 Å². The molecule has 0 bridgehead atoms. The maximum atomic E-state index is 13.1. The quantitative estimate of drug-likeness (QED) is 0.208. The molecule has 0 aliphatic rings. The first-order valence-corrected chi connectivity index (χ1v) is 11.4. The average molecular weight is 492 g/mol. The summed E-state index contributed by atoms with van der Waals surface area (Å²) in [5.41, 5.74) is 0.607. The number of azo groups is 1. The van der Waals surface area contributed by atoms with Gasteiger partial charge in [0.15, 0.2) is 5.78 Å². The monoisotopic (exact) mass is 491 g/mol. The zero-order valence-corrected chi connectivity index (χ0v) is 20.8. The number of hydrogen-bond acceptors (Lipinski definition) is 8. The Morgan fingerprint density at radius 3 is 1.94 bits per heavy atom. The number of rotatable bonds is 13. The Balaban J connectivity index is 2.34. The van der Waals surface area contributed by atoms with E-state index in [9.17, 15) is 9.59 Å². The summed E-state index contributed by atoms with van der Waals surface area (Å²) >= 11 is 6.35. The predicted molar refractivity (Wildman–Crippen MR) is 130 cm³/mol. The molecule has 0 aromatic heterocycles. The molecule has 2 aromatic carbocycles. The van der Waals surface area contributed by atoms with Crippen LogP contribution in [0, 0.1) is 0 Å². The molecule has 184 valence electrons. The lowest BCUT2D eigenvalue weighted by molar-refractivity contribution is -0.126. The van der Waals surface area contributed by atoms with Gasteiger partial charge in [-0.2, -0.15) is 10.2 Å². The Bertz CT molecular complexity index is 1010. The molecule has 0 saturated carbocycles. The van der Waals surface area contributed by atoms with E-state index < -0.39 is 17.7 Å². The van der Waals surface area contributed by atoms with Crippen molar-refractivity contribution in [3.05, 3.63) is 36.4 Å². The Morgan fingerprint density at radius 1 is 0.853 bits per heavy atom. The van der Waals surface area contributed by atoms with E-state index in [0.717, 1.165) is 4.42 Å². The van der Waals surface area contributed by atoms with Crippen molar-refractivity contribution in [3.8, 4) is 23.0 Å². The average Bonchev–Trinajstić information content (AvgIpc) is 2.80. The molecule has 0 spiro atoms. The van der Waals surface area contributed by atoms with Gasteiger partial charge in [-0.25, -0.2) is 4.42 Å². The molecule has 0 aliphatic carbocycles. The van der Waals surface area contributed by atoms with Crippen molar-refractivity contribution in [3.63, 3.8) is 0 Å². The summed E-state index contributed by atoms with van der Waals surface area (Å²) in [5, 5.41) is 8.10. The fraction of sp³-hybridized carbons (Fsp3) is 0.417. The lowest BCUT2D eigenvalue weighted by atomic mass is 10.2. The van der Waals surface area contributed by atoms with Crippen molar-refractivity contribution in [2.45, 2.75) is 40.7 Å². The molecule has 0 saturated heterocycles. The number of carbonyl (C=O) groups is 2. The minimum atomic E-state index is -1.46. The van der Waals surface area contributed by atoms with Crippen LogP contribution in [0.1, 0.15) is 34.6 Å². The highest BCUT2D eigenvalue weighted by atomic mass is 35.5. The van der Waals surface area contributed by atoms with Crippen LogP contribution in [0.2, 0.25) is 0 Å². The third-order valence-electron chi connectivity index (χ3n) is 4.39. The number of anilines is 1. The summed E-state index contributed by atoms with van der Waals surface area (Å²) in [5.74, 6) is 0.629. The molecule has 1 amide bonds. The van der Waals surface area contributed by atoms with E-state index in [4.69, 9.17) is 30.7 Å². The van der Waals surface area contributed by atoms with Crippen molar-refractivity contribution in [1.29, 1.82) is 0 Å². The van der Waals surface area contributed by atoms with Gasteiger partial charge in [-0.15, -0.1) is 0 Å². The van der Waals surface area contributed by atoms with Crippen molar-refractivity contribution < 1.29 is 28.5 Å². The first-order valence-electron chi connectivity index (χ1n) is 11.1. The molecule has 9 nitrogen and oxygen atoms in total.